The van der Waals surface area contributed by atoms with Crippen LogP contribution >= 0.6 is 0 Å². The van der Waals surface area contributed by atoms with E-state index in [0.717, 1.165) is 6.04 Å². The van der Waals surface area contributed by atoms with Crippen molar-refractivity contribution in [2.24, 2.45) is 0 Å². The van der Waals surface area contributed by atoms with Crippen molar-refractivity contribution >= 4 is 0 Å². The second-order valence-corrected chi connectivity index (χ2v) is 5.82. The highest BCUT2D eigenvalue weighted by atomic mass is 15.2. The minimum absolute atomic E-state index is 0.520. The maximum absolute atomic E-state index is 3.85. The standard InChI is InChI=1S/C13H24N2/c1-2-8-13(7-1)11-15(10-4-9-14-13)12-5-3-6-12/h12,14H,1-11H2. The zero-order valence-electron chi connectivity index (χ0n) is 9.80. The Labute approximate surface area is 93.4 Å². The van der Waals surface area contributed by atoms with Gasteiger partial charge in [-0.2, -0.15) is 0 Å². The summed E-state index contributed by atoms with van der Waals surface area (Å²) < 4.78 is 0. The van der Waals surface area contributed by atoms with Crippen LogP contribution in [0.5, 0.6) is 0 Å². The Kier molecular flexibility index (Phi) is 2.73. The molecule has 1 aliphatic heterocycles. The number of nitrogens with zero attached hydrogens (tertiary/aromatic N) is 1. The molecule has 0 bridgehead atoms. The molecule has 0 amide bonds. The first-order valence-electron chi connectivity index (χ1n) is 6.87. The number of nitrogens with one attached hydrogen (secondary N) is 1. The van der Waals surface area contributed by atoms with E-state index in [1.165, 1.54) is 71.0 Å². The number of hydrogen-bond donors (Lipinski definition) is 1. The number of hydrogen-bond acceptors (Lipinski definition) is 2. The lowest BCUT2D eigenvalue weighted by Gasteiger charge is -2.41. The lowest BCUT2D eigenvalue weighted by molar-refractivity contribution is 0.103. The van der Waals surface area contributed by atoms with Gasteiger partial charge in [-0.3, -0.25) is 4.90 Å². The van der Waals surface area contributed by atoms with Crippen molar-refractivity contribution in [1.29, 1.82) is 0 Å². The van der Waals surface area contributed by atoms with Crippen LogP contribution in [0.1, 0.15) is 51.4 Å². The van der Waals surface area contributed by atoms with Gasteiger partial charge in [0.05, 0.1) is 0 Å². The zero-order chi connectivity index (χ0) is 10.1. The molecule has 1 N–H and O–H groups in total. The highest BCUT2D eigenvalue weighted by molar-refractivity contribution is 4.98. The molecule has 86 valence electrons. The summed E-state index contributed by atoms with van der Waals surface area (Å²) in [4.78, 5) is 2.80. The van der Waals surface area contributed by atoms with Crippen molar-refractivity contribution in [3.05, 3.63) is 0 Å². The second-order valence-electron chi connectivity index (χ2n) is 5.82. The van der Waals surface area contributed by atoms with Crippen LogP contribution < -0.4 is 5.32 Å². The molecule has 15 heavy (non-hydrogen) atoms. The lowest BCUT2D eigenvalue weighted by atomic mass is 9.89. The van der Waals surface area contributed by atoms with Gasteiger partial charge in [0.2, 0.25) is 0 Å². The SMILES string of the molecule is C1CC(N2CCCNC3(CCCC3)C2)C1. The molecule has 2 nitrogen and oxygen atoms in total. The van der Waals surface area contributed by atoms with Crippen molar-refractivity contribution in [3.8, 4) is 0 Å². The fourth-order valence-electron chi connectivity index (χ4n) is 3.61. The molecule has 2 heteroatoms. The Bertz CT molecular complexity index is 217. The van der Waals surface area contributed by atoms with Crippen LogP contribution in [0.15, 0.2) is 0 Å². The first-order chi connectivity index (χ1) is 7.38. The minimum Gasteiger partial charge on any atom is -0.310 e. The first-order valence-corrected chi connectivity index (χ1v) is 6.87. The molecule has 2 saturated carbocycles. The van der Waals surface area contributed by atoms with Gasteiger partial charge in [-0.25, -0.2) is 0 Å². The molecular formula is C13H24N2. The van der Waals surface area contributed by atoms with Crippen LogP contribution in [-0.4, -0.2) is 36.1 Å². The Morgan fingerprint density at radius 1 is 1.00 bits per heavy atom. The van der Waals surface area contributed by atoms with Gasteiger partial charge >= 0.3 is 0 Å². The number of rotatable bonds is 1. The third-order valence-corrected chi connectivity index (χ3v) is 4.78. The van der Waals surface area contributed by atoms with Gasteiger partial charge < -0.3 is 5.32 Å². The summed E-state index contributed by atoms with van der Waals surface area (Å²) in [5, 5.41) is 3.85. The van der Waals surface area contributed by atoms with E-state index in [2.05, 4.69) is 10.2 Å². The summed E-state index contributed by atoms with van der Waals surface area (Å²) >= 11 is 0. The van der Waals surface area contributed by atoms with Gasteiger partial charge in [-0.05, 0) is 45.2 Å². The summed E-state index contributed by atoms with van der Waals surface area (Å²) in [6.07, 6.45) is 11.5. The van der Waals surface area contributed by atoms with Gasteiger partial charge in [0.1, 0.15) is 0 Å². The Morgan fingerprint density at radius 3 is 2.47 bits per heavy atom. The zero-order valence-corrected chi connectivity index (χ0v) is 9.80. The van der Waals surface area contributed by atoms with Crippen LogP contribution in [0.2, 0.25) is 0 Å². The normalized spacial score (nSPS) is 32.8. The molecule has 0 atom stereocenters. The van der Waals surface area contributed by atoms with Gasteiger partial charge in [-0.15, -0.1) is 0 Å². The minimum atomic E-state index is 0.520. The third-order valence-electron chi connectivity index (χ3n) is 4.78. The van der Waals surface area contributed by atoms with Crippen LogP contribution in [0.3, 0.4) is 0 Å². The molecule has 1 heterocycles. The molecule has 3 aliphatic rings. The van der Waals surface area contributed by atoms with Gasteiger partial charge in [-0.1, -0.05) is 19.3 Å². The van der Waals surface area contributed by atoms with Crippen molar-refractivity contribution < 1.29 is 0 Å². The molecule has 0 aromatic rings. The Morgan fingerprint density at radius 2 is 1.80 bits per heavy atom. The highest BCUT2D eigenvalue weighted by Gasteiger charge is 2.38. The van der Waals surface area contributed by atoms with Crippen molar-refractivity contribution in [2.75, 3.05) is 19.6 Å². The van der Waals surface area contributed by atoms with Crippen molar-refractivity contribution in [2.45, 2.75) is 62.9 Å². The summed E-state index contributed by atoms with van der Waals surface area (Å²) in [6, 6.07) is 0.947. The maximum Gasteiger partial charge on any atom is 0.0308 e. The van der Waals surface area contributed by atoms with E-state index in [0.29, 0.717) is 5.54 Å². The molecule has 1 spiro atoms. The second kappa shape index (κ2) is 4.06. The molecule has 0 aromatic heterocycles. The molecule has 2 aliphatic carbocycles. The van der Waals surface area contributed by atoms with Crippen molar-refractivity contribution in [3.63, 3.8) is 0 Å². The van der Waals surface area contributed by atoms with E-state index in [1.54, 1.807) is 0 Å². The predicted molar refractivity (Wildman–Crippen MR) is 63.0 cm³/mol. The van der Waals surface area contributed by atoms with Gasteiger partial charge in [0.25, 0.3) is 0 Å². The van der Waals surface area contributed by atoms with Gasteiger partial charge in [0.15, 0.2) is 0 Å². The predicted octanol–water partition coefficient (Wildman–Crippen LogP) is 2.15. The summed E-state index contributed by atoms with van der Waals surface area (Å²) in [5.74, 6) is 0. The Hall–Kier alpha value is -0.0800. The van der Waals surface area contributed by atoms with E-state index in [4.69, 9.17) is 0 Å². The first kappa shape index (κ1) is 10.1. The molecule has 3 rings (SSSR count). The molecule has 3 fully saturated rings. The summed E-state index contributed by atoms with van der Waals surface area (Å²) in [6.45, 7) is 3.94. The van der Waals surface area contributed by atoms with Gasteiger partial charge in [0, 0.05) is 18.1 Å². The van der Waals surface area contributed by atoms with Crippen LogP contribution in [0, 0.1) is 0 Å². The van der Waals surface area contributed by atoms with E-state index < -0.39 is 0 Å². The lowest BCUT2D eigenvalue weighted by Crippen LogP contribution is -2.52. The summed E-state index contributed by atoms with van der Waals surface area (Å²) in [5.41, 5.74) is 0.520. The molecule has 1 saturated heterocycles. The average Bonchev–Trinajstić information content (AvgIpc) is 2.48. The quantitative estimate of drug-likeness (QED) is 0.710. The van der Waals surface area contributed by atoms with Crippen LogP contribution in [-0.2, 0) is 0 Å². The largest absolute Gasteiger partial charge is 0.310 e. The van der Waals surface area contributed by atoms with E-state index in [9.17, 15) is 0 Å². The van der Waals surface area contributed by atoms with Crippen LogP contribution in [0.4, 0.5) is 0 Å². The fourth-order valence-corrected chi connectivity index (χ4v) is 3.61. The van der Waals surface area contributed by atoms with E-state index >= 15 is 0 Å². The average molecular weight is 208 g/mol. The molecular weight excluding hydrogens is 184 g/mol. The highest BCUT2D eigenvalue weighted by Crippen LogP contribution is 2.34. The van der Waals surface area contributed by atoms with E-state index in [1.807, 2.05) is 0 Å². The van der Waals surface area contributed by atoms with E-state index in [-0.39, 0.29) is 0 Å². The van der Waals surface area contributed by atoms with Crippen LogP contribution in [0.25, 0.3) is 0 Å². The maximum atomic E-state index is 3.85. The third kappa shape index (κ3) is 1.94. The Balaban J connectivity index is 1.68. The molecule has 0 unspecified atom stereocenters. The van der Waals surface area contributed by atoms with Crippen molar-refractivity contribution in [1.82, 2.24) is 10.2 Å². The smallest absolute Gasteiger partial charge is 0.0308 e. The molecule has 0 aromatic carbocycles. The molecule has 0 radical (unpaired) electrons. The topological polar surface area (TPSA) is 15.3 Å². The summed E-state index contributed by atoms with van der Waals surface area (Å²) in [7, 11) is 0. The fraction of sp³-hybridized carbons (Fsp3) is 1.00. The monoisotopic (exact) mass is 208 g/mol.